The minimum Gasteiger partial charge on any atom is -0.459 e. The Morgan fingerprint density at radius 3 is 2.50 bits per heavy atom. The fraction of sp³-hybridized carbons (Fsp3) is 0.385. The quantitative estimate of drug-likeness (QED) is 0.486. The van der Waals surface area contributed by atoms with Gasteiger partial charge < -0.3 is 15.8 Å². The van der Waals surface area contributed by atoms with Crippen LogP contribution in [-0.2, 0) is 9.53 Å². The highest BCUT2D eigenvalue weighted by atomic mass is 16.6. The molecule has 1 rings (SSSR count). The van der Waals surface area contributed by atoms with Gasteiger partial charge in [-0.15, -0.1) is 0 Å². The van der Waals surface area contributed by atoms with Crippen LogP contribution in [0.3, 0.4) is 0 Å². The summed E-state index contributed by atoms with van der Waals surface area (Å²) in [6, 6.07) is 9.37. The first-order chi connectivity index (χ1) is 8.37. The largest absolute Gasteiger partial charge is 0.459 e. The van der Waals surface area contributed by atoms with Crippen LogP contribution in [0.4, 0.5) is 5.69 Å². The van der Waals surface area contributed by atoms with Crippen molar-refractivity contribution in [2.75, 3.05) is 11.9 Å². The SMILES string of the molecule is CC(C)(C)OC(=O)CN=C(N)Nc1ccccc1. The molecule has 0 fully saturated rings. The molecule has 0 unspecified atom stereocenters. The van der Waals surface area contributed by atoms with Crippen molar-refractivity contribution in [3.8, 4) is 0 Å². The topological polar surface area (TPSA) is 76.7 Å². The maximum Gasteiger partial charge on any atom is 0.328 e. The predicted octanol–water partition coefficient (Wildman–Crippen LogP) is 1.75. The summed E-state index contributed by atoms with van der Waals surface area (Å²) in [7, 11) is 0. The van der Waals surface area contributed by atoms with Gasteiger partial charge in [0.25, 0.3) is 0 Å². The van der Waals surface area contributed by atoms with Gasteiger partial charge in [0.2, 0.25) is 0 Å². The first kappa shape index (κ1) is 14.0. The zero-order chi connectivity index (χ0) is 13.6. The van der Waals surface area contributed by atoms with Gasteiger partial charge in [-0.2, -0.15) is 0 Å². The number of benzene rings is 1. The average Bonchev–Trinajstić information content (AvgIpc) is 2.25. The summed E-state index contributed by atoms with van der Waals surface area (Å²) < 4.78 is 5.11. The molecule has 0 amide bonds. The maximum absolute atomic E-state index is 11.4. The third-order valence-corrected chi connectivity index (χ3v) is 1.84. The Kier molecular flexibility index (Phi) is 4.71. The molecule has 0 saturated carbocycles. The normalized spacial score (nSPS) is 12.1. The Hall–Kier alpha value is -2.04. The standard InChI is InChI=1S/C13H19N3O2/c1-13(2,3)18-11(17)9-15-12(14)16-10-7-5-4-6-8-10/h4-8H,9H2,1-3H3,(H3,14,15,16). The number of rotatable bonds is 3. The fourth-order valence-electron chi connectivity index (χ4n) is 1.23. The van der Waals surface area contributed by atoms with Crippen molar-refractivity contribution in [1.29, 1.82) is 0 Å². The average molecular weight is 249 g/mol. The number of para-hydroxylation sites is 1. The molecular weight excluding hydrogens is 230 g/mol. The highest BCUT2D eigenvalue weighted by molar-refractivity contribution is 5.93. The van der Waals surface area contributed by atoms with E-state index in [2.05, 4.69) is 10.3 Å². The number of ether oxygens (including phenoxy) is 1. The predicted molar refractivity (Wildman–Crippen MR) is 72.4 cm³/mol. The first-order valence-corrected chi connectivity index (χ1v) is 5.71. The van der Waals surface area contributed by atoms with Gasteiger partial charge in [0.05, 0.1) is 0 Å². The second kappa shape index (κ2) is 6.05. The van der Waals surface area contributed by atoms with E-state index in [9.17, 15) is 4.79 Å². The van der Waals surface area contributed by atoms with E-state index in [0.717, 1.165) is 5.69 Å². The third kappa shape index (κ3) is 5.89. The second-order valence-corrected chi connectivity index (χ2v) is 4.78. The molecule has 0 aliphatic rings. The lowest BCUT2D eigenvalue weighted by Crippen LogP contribution is -2.28. The van der Waals surface area contributed by atoms with Gasteiger partial charge in [0.15, 0.2) is 5.96 Å². The van der Waals surface area contributed by atoms with Crippen molar-refractivity contribution in [3.05, 3.63) is 30.3 Å². The summed E-state index contributed by atoms with van der Waals surface area (Å²) in [6.07, 6.45) is 0. The molecule has 0 heterocycles. The van der Waals surface area contributed by atoms with E-state index in [1.165, 1.54) is 0 Å². The van der Waals surface area contributed by atoms with E-state index in [1.54, 1.807) is 20.8 Å². The zero-order valence-corrected chi connectivity index (χ0v) is 10.9. The van der Waals surface area contributed by atoms with Gasteiger partial charge in [0, 0.05) is 5.69 Å². The lowest BCUT2D eigenvalue weighted by Gasteiger charge is -2.18. The number of anilines is 1. The molecular formula is C13H19N3O2. The van der Waals surface area contributed by atoms with Crippen LogP contribution in [0.15, 0.2) is 35.3 Å². The smallest absolute Gasteiger partial charge is 0.328 e. The highest BCUT2D eigenvalue weighted by Crippen LogP contribution is 2.07. The number of hydrogen-bond acceptors (Lipinski definition) is 3. The van der Waals surface area contributed by atoms with Gasteiger partial charge in [-0.25, -0.2) is 4.99 Å². The molecule has 0 aliphatic carbocycles. The minimum absolute atomic E-state index is 0.0943. The minimum atomic E-state index is -0.506. The number of nitrogens with two attached hydrogens (primary N) is 1. The van der Waals surface area contributed by atoms with E-state index in [-0.39, 0.29) is 12.5 Å². The van der Waals surface area contributed by atoms with Crippen LogP contribution in [0.5, 0.6) is 0 Å². The fourth-order valence-corrected chi connectivity index (χ4v) is 1.23. The number of nitrogens with one attached hydrogen (secondary N) is 1. The number of esters is 1. The Morgan fingerprint density at radius 1 is 1.33 bits per heavy atom. The highest BCUT2D eigenvalue weighted by Gasteiger charge is 2.15. The number of guanidine groups is 1. The molecule has 5 nitrogen and oxygen atoms in total. The zero-order valence-electron chi connectivity index (χ0n) is 10.9. The molecule has 0 aliphatic heterocycles. The summed E-state index contributed by atoms with van der Waals surface area (Å²) >= 11 is 0. The molecule has 98 valence electrons. The number of carbonyl (C=O) groups is 1. The molecule has 0 saturated heterocycles. The van der Waals surface area contributed by atoms with Gasteiger partial charge in [-0.1, -0.05) is 18.2 Å². The number of nitrogens with zero attached hydrogens (tertiary/aromatic N) is 1. The van der Waals surface area contributed by atoms with Crippen molar-refractivity contribution in [3.63, 3.8) is 0 Å². The van der Waals surface area contributed by atoms with E-state index in [1.807, 2.05) is 30.3 Å². The van der Waals surface area contributed by atoms with Gasteiger partial charge in [-0.05, 0) is 32.9 Å². The Labute approximate surface area is 107 Å². The van der Waals surface area contributed by atoms with Gasteiger partial charge in [0.1, 0.15) is 12.1 Å². The molecule has 3 N–H and O–H groups in total. The van der Waals surface area contributed by atoms with Crippen molar-refractivity contribution < 1.29 is 9.53 Å². The van der Waals surface area contributed by atoms with Crippen molar-refractivity contribution in [2.45, 2.75) is 26.4 Å². The van der Waals surface area contributed by atoms with Crippen LogP contribution in [0.2, 0.25) is 0 Å². The van der Waals surface area contributed by atoms with Crippen molar-refractivity contribution in [1.82, 2.24) is 0 Å². The summed E-state index contributed by atoms with van der Waals surface area (Å²) in [6.45, 7) is 5.32. The molecule has 1 aromatic rings. The van der Waals surface area contributed by atoms with Crippen LogP contribution in [0.25, 0.3) is 0 Å². The summed E-state index contributed by atoms with van der Waals surface area (Å²) in [5.41, 5.74) is 5.97. The number of aliphatic imine (C=N–C) groups is 1. The molecule has 0 atom stereocenters. The molecule has 18 heavy (non-hydrogen) atoms. The molecule has 1 aromatic carbocycles. The molecule has 5 heteroatoms. The molecule has 0 aromatic heterocycles. The monoisotopic (exact) mass is 249 g/mol. The molecule has 0 spiro atoms. The van der Waals surface area contributed by atoms with Gasteiger partial charge in [-0.3, -0.25) is 4.79 Å². The van der Waals surface area contributed by atoms with E-state index in [0.29, 0.717) is 0 Å². The number of hydrogen-bond donors (Lipinski definition) is 2. The van der Waals surface area contributed by atoms with Crippen LogP contribution < -0.4 is 11.1 Å². The van der Waals surface area contributed by atoms with Crippen molar-refractivity contribution >= 4 is 17.6 Å². The van der Waals surface area contributed by atoms with Crippen LogP contribution >= 0.6 is 0 Å². The number of carbonyl (C=O) groups excluding carboxylic acids is 1. The Balaban J connectivity index is 2.45. The van der Waals surface area contributed by atoms with Crippen LogP contribution in [0.1, 0.15) is 20.8 Å². The van der Waals surface area contributed by atoms with E-state index < -0.39 is 11.6 Å². The molecule has 0 bridgehead atoms. The van der Waals surface area contributed by atoms with Gasteiger partial charge >= 0.3 is 5.97 Å². The van der Waals surface area contributed by atoms with Crippen LogP contribution in [-0.4, -0.2) is 24.1 Å². The van der Waals surface area contributed by atoms with E-state index >= 15 is 0 Å². The van der Waals surface area contributed by atoms with Crippen molar-refractivity contribution in [2.24, 2.45) is 10.7 Å². The van der Waals surface area contributed by atoms with E-state index in [4.69, 9.17) is 10.5 Å². The lowest BCUT2D eigenvalue weighted by molar-refractivity contribution is -0.152. The third-order valence-electron chi connectivity index (χ3n) is 1.84. The summed E-state index contributed by atoms with van der Waals surface area (Å²) in [5, 5.41) is 2.88. The Morgan fingerprint density at radius 2 is 1.94 bits per heavy atom. The second-order valence-electron chi connectivity index (χ2n) is 4.78. The lowest BCUT2D eigenvalue weighted by atomic mass is 10.2. The first-order valence-electron chi connectivity index (χ1n) is 5.71. The Bertz CT molecular complexity index is 422. The van der Waals surface area contributed by atoms with Crippen LogP contribution in [0, 0.1) is 0 Å². The molecule has 0 radical (unpaired) electrons. The summed E-state index contributed by atoms with van der Waals surface area (Å²) in [4.78, 5) is 15.3. The summed E-state index contributed by atoms with van der Waals surface area (Å²) in [5.74, 6) is -0.215. The maximum atomic E-state index is 11.4.